The molecule has 0 saturated carbocycles. The number of carbonyl (C=O) groups is 2. The Balaban J connectivity index is 2.31. The van der Waals surface area contributed by atoms with Crippen LogP contribution in [0.2, 0.25) is 0 Å². The average Bonchev–Trinajstić information content (AvgIpc) is 2.33. The average molecular weight is 247 g/mol. The highest BCUT2D eigenvalue weighted by molar-refractivity contribution is 6.52. The number of anilines is 1. The summed E-state index contributed by atoms with van der Waals surface area (Å²) in [5, 5.41) is 0. The van der Waals surface area contributed by atoms with E-state index in [1.54, 1.807) is 36.3 Å². The number of β-lactam (4-membered cyclic amide) rings is 1. The second-order valence-electron chi connectivity index (χ2n) is 5.51. The Labute approximate surface area is 107 Å². The highest BCUT2D eigenvalue weighted by Crippen LogP contribution is 2.36. The standard InChI is InChI=1S/C14H17NO3/c1-14(2,3)12-11(16)13(17)15(12)9-5-7-10(18-4)8-6-9/h5-8,12H,1-4H3/t12-/m0/s1. The molecule has 0 bridgehead atoms. The predicted octanol–water partition coefficient (Wildman–Crippen LogP) is 2.03. The topological polar surface area (TPSA) is 46.6 Å². The normalized spacial score (nSPS) is 19.8. The molecule has 1 heterocycles. The summed E-state index contributed by atoms with van der Waals surface area (Å²) in [6.45, 7) is 5.87. The van der Waals surface area contributed by atoms with Crippen molar-refractivity contribution in [1.29, 1.82) is 0 Å². The molecule has 4 nitrogen and oxygen atoms in total. The van der Waals surface area contributed by atoms with Gasteiger partial charge in [-0.25, -0.2) is 0 Å². The van der Waals surface area contributed by atoms with E-state index in [2.05, 4.69) is 0 Å². The monoisotopic (exact) mass is 247 g/mol. The van der Waals surface area contributed by atoms with Gasteiger partial charge in [-0.2, -0.15) is 0 Å². The third-order valence-corrected chi connectivity index (χ3v) is 3.11. The van der Waals surface area contributed by atoms with Crippen molar-refractivity contribution in [2.24, 2.45) is 5.41 Å². The summed E-state index contributed by atoms with van der Waals surface area (Å²) >= 11 is 0. The molecule has 4 heteroatoms. The summed E-state index contributed by atoms with van der Waals surface area (Å²) in [4.78, 5) is 25.0. The fourth-order valence-electron chi connectivity index (χ4n) is 2.19. The smallest absolute Gasteiger partial charge is 0.297 e. The molecule has 1 aliphatic heterocycles. The molecule has 1 atom stereocenters. The van der Waals surface area contributed by atoms with Crippen molar-refractivity contribution < 1.29 is 14.3 Å². The summed E-state index contributed by atoms with van der Waals surface area (Å²) < 4.78 is 5.07. The number of methoxy groups -OCH3 is 1. The summed E-state index contributed by atoms with van der Waals surface area (Å²) in [5.74, 6) is -0.0104. The second kappa shape index (κ2) is 4.12. The molecule has 1 saturated heterocycles. The molecule has 96 valence electrons. The first-order valence-corrected chi connectivity index (χ1v) is 5.87. The van der Waals surface area contributed by atoms with Gasteiger partial charge in [0.05, 0.1) is 7.11 Å². The molecule has 0 N–H and O–H groups in total. The van der Waals surface area contributed by atoms with Gasteiger partial charge < -0.3 is 4.74 Å². The first-order chi connectivity index (χ1) is 8.36. The maximum Gasteiger partial charge on any atom is 0.297 e. The van der Waals surface area contributed by atoms with Gasteiger partial charge in [0.2, 0.25) is 5.78 Å². The Hall–Kier alpha value is -1.84. The van der Waals surface area contributed by atoms with Crippen molar-refractivity contribution in [3.05, 3.63) is 24.3 Å². The molecule has 1 fully saturated rings. The van der Waals surface area contributed by atoms with Gasteiger partial charge in [-0.15, -0.1) is 0 Å². The Morgan fingerprint density at radius 1 is 1.11 bits per heavy atom. The van der Waals surface area contributed by atoms with E-state index in [0.29, 0.717) is 0 Å². The number of rotatable bonds is 2. The molecule has 1 aliphatic rings. The molecule has 2 rings (SSSR count). The van der Waals surface area contributed by atoms with Crippen LogP contribution in [0.15, 0.2) is 24.3 Å². The van der Waals surface area contributed by atoms with E-state index in [1.807, 2.05) is 20.8 Å². The number of nitrogens with zero attached hydrogens (tertiary/aromatic N) is 1. The molecule has 1 aromatic rings. The van der Waals surface area contributed by atoms with Crippen molar-refractivity contribution in [2.75, 3.05) is 12.0 Å². The molecular formula is C14H17NO3. The highest BCUT2D eigenvalue weighted by atomic mass is 16.5. The molecule has 0 aromatic heterocycles. The van der Waals surface area contributed by atoms with Crippen LogP contribution in [0.3, 0.4) is 0 Å². The lowest BCUT2D eigenvalue weighted by molar-refractivity contribution is -0.145. The van der Waals surface area contributed by atoms with Crippen LogP contribution in [0, 0.1) is 5.41 Å². The Bertz CT molecular complexity index is 485. The zero-order chi connectivity index (χ0) is 13.5. The SMILES string of the molecule is COc1ccc(N2C(=O)C(=O)[C@H]2C(C)(C)C)cc1. The van der Waals surface area contributed by atoms with Gasteiger partial charge in [0, 0.05) is 5.69 Å². The quantitative estimate of drug-likeness (QED) is 0.593. The van der Waals surface area contributed by atoms with Gasteiger partial charge in [0.15, 0.2) is 0 Å². The Kier molecular flexibility index (Phi) is 2.89. The summed E-state index contributed by atoms with van der Waals surface area (Å²) in [7, 11) is 1.59. The van der Waals surface area contributed by atoms with E-state index in [-0.39, 0.29) is 17.2 Å². The van der Waals surface area contributed by atoms with Crippen LogP contribution in [-0.2, 0) is 9.59 Å². The minimum atomic E-state index is -0.430. The van der Waals surface area contributed by atoms with Crippen LogP contribution in [0.4, 0.5) is 5.69 Å². The molecule has 0 aliphatic carbocycles. The predicted molar refractivity (Wildman–Crippen MR) is 68.7 cm³/mol. The van der Waals surface area contributed by atoms with E-state index in [9.17, 15) is 9.59 Å². The van der Waals surface area contributed by atoms with Crippen molar-refractivity contribution in [3.8, 4) is 5.75 Å². The van der Waals surface area contributed by atoms with Crippen LogP contribution in [-0.4, -0.2) is 24.8 Å². The summed E-state index contributed by atoms with van der Waals surface area (Å²) in [5.41, 5.74) is 0.477. The van der Waals surface area contributed by atoms with Crippen LogP contribution in [0.25, 0.3) is 0 Å². The molecule has 1 aromatic carbocycles. The van der Waals surface area contributed by atoms with E-state index >= 15 is 0 Å². The van der Waals surface area contributed by atoms with Crippen molar-refractivity contribution >= 4 is 17.4 Å². The van der Waals surface area contributed by atoms with Gasteiger partial charge in [0.25, 0.3) is 5.91 Å². The van der Waals surface area contributed by atoms with E-state index in [1.165, 1.54) is 0 Å². The number of hydrogen-bond acceptors (Lipinski definition) is 3. The van der Waals surface area contributed by atoms with E-state index in [4.69, 9.17) is 4.74 Å². The van der Waals surface area contributed by atoms with Crippen LogP contribution < -0.4 is 9.64 Å². The molecular weight excluding hydrogens is 230 g/mol. The number of hydrogen-bond donors (Lipinski definition) is 0. The van der Waals surface area contributed by atoms with Crippen LogP contribution in [0.1, 0.15) is 20.8 Å². The number of ether oxygens (including phenoxy) is 1. The first kappa shape index (κ1) is 12.6. The Morgan fingerprint density at radius 2 is 1.67 bits per heavy atom. The minimum absolute atomic E-state index is 0.259. The fourth-order valence-corrected chi connectivity index (χ4v) is 2.19. The maximum absolute atomic E-state index is 11.7. The largest absolute Gasteiger partial charge is 0.497 e. The first-order valence-electron chi connectivity index (χ1n) is 5.87. The van der Waals surface area contributed by atoms with E-state index in [0.717, 1.165) is 11.4 Å². The zero-order valence-corrected chi connectivity index (χ0v) is 11.1. The summed E-state index contributed by atoms with van der Waals surface area (Å²) in [6, 6.07) is 6.78. The summed E-state index contributed by atoms with van der Waals surface area (Å²) in [6.07, 6.45) is 0. The third kappa shape index (κ3) is 1.88. The number of benzene rings is 1. The second-order valence-corrected chi connectivity index (χ2v) is 5.51. The number of amides is 1. The number of carbonyl (C=O) groups excluding carboxylic acids is 2. The highest BCUT2D eigenvalue weighted by Gasteiger charge is 2.52. The van der Waals surface area contributed by atoms with Gasteiger partial charge in [-0.3, -0.25) is 14.5 Å². The van der Waals surface area contributed by atoms with Crippen molar-refractivity contribution in [3.63, 3.8) is 0 Å². The lowest BCUT2D eigenvalue weighted by Gasteiger charge is -2.45. The molecule has 1 amide bonds. The lowest BCUT2D eigenvalue weighted by Crippen LogP contribution is -2.67. The van der Waals surface area contributed by atoms with Crippen LogP contribution in [0.5, 0.6) is 5.75 Å². The van der Waals surface area contributed by atoms with E-state index < -0.39 is 5.91 Å². The Morgan fingerprint density at radius 3 is 2.11 bits per heavy atom. The maximum atomic E-state index is 11.7. The van der Waals surface area contributed by atoms with Gasteiger partial charge in [-0.1, -0.05) is 20.8 Å². The van der Waals surface area contributed by atoms with Crippen molar-refractivity contribution in [1.82, 2.24) is 0 Å². The number of Topliss-reactive ketones (excluding diaryl/α,β-unsaturated/α-hetero) is 1. The molecule has 0 spiro atoms. The van der Waals surface area contributed by atoms with Crippen LogP contribution >= 0.6 is 0 Å². The molecule has 18 heavy (non-hydrogen) atoms. The zero-order valence-electron chi connectivity index (χ0n) is 11.1. The van der Waals surface area contributed by atoms with Crippen molar-refractivity contribution in [2.45, 2.75) is 26.8 Å². The molecule has 0 radical (unpaired) electrons. The lowest BCUT2D eigenvalue weighted by atomic mass is 9.77. The minimum Gasteiger partial charge on any atom is -0.497 e. The van der Waals surface area contributed by atoms with Gasteiger partial charge in [0.1, 0.15) is 11.8 Å². The number of ketones is 1. The fraction of sp³-hybridized carbons (Fsp3) is 0.429. The molecule has 0 unspecified atom stereocenters. The third-order valence-electron chi connectivity index (χ3n) is 3.11. The van der Waals surface area contributed by atoms with Gasteiger partial charge in [-0.05, 0) is 29.7 Å². The van der Waals surface area contributed by atoms with Gasteiger partial charge >= 0.3 is 0 Å².